The van der Waals surface area contributed by atoms with Crippen LogP contribution in [0.3, 0.4) is 0 Å². The molecule has 2 aromatic carbocycles. The number of carbonyl (C=O) groups is 2. The Kier molecular flexibility index (Phi) is 6.04. The largest absolute Gasteiger partial charge is 0.348 e. The monoisotopic (exact) mass is 419 g/mol. The van der Waals surface area contributed by atoms with Crippen LogP contribution in [0.15, 0.2) is 48.5 Å². The Morgan fingerprint density at radius 1 is 1.00 bits per heavy atom. The number of nitrogens with zero attached hydrogens (tertiary/aromatic N) is 5. The van der Waals surface area contributed by atoms with Gasteiger partial charge in [0.15, 0.2) is 0 Å². The van der Waals surface area contributed by atoms with Gasteiger partial charge in [0.1, 0.15) is 5.82 Å². The third-order valence-corrected chi connectivity index (χ3v) is 5.82. The average Bonchev–Trinajstić information content (AvgIpc) is 2.92. The van der Waals surface area contributed by atoms with Gasteiger partial charge < -0.3 is 9.80 Å². The number of benzene rings is 2. The van der Waals surface area contributed by atoms with Crippen molar-refractivity contribution in [1.29, 1.82) is 0 Å². The highest BCUT2D eigenvalue weighted by Gasteiger charge is 2.22. The van der Waals surface area contributed by atoms with Gasteiger partial charge in [0.05, 0.1) is 17.6 Å². The minimum atomic E-state index is 0.0228. The van der Waals surface area contributed by atoms with Gasteiger partial charge in [-0.25, -0.2) is 4.98 Å². The summed E-state index contributed by atoms with van der Waals surface area (Å²) in [4.78, 5) is 35.5. The Balaban J connectivity index is 1.51. The molecule has 31 heavy (non-hydrogen) atoms. The first kappa shape index (κ1) is 21.1. The Morgan fingerprint density at radius 2 is 1.77 bits per heavy atom. The molecular formula is C24H29N5O2. The zero-order chi connectivity index (χ0) is 22.0. The number of likely N-dealkylation sites (N-methyl/N-ethyl adjacent to an activating group) is 1. The van der Waals surface area contributed by atoms with E-state index >= 15 is 0 Å². The fourth-order valence-corrected chi connectivity index (χ4v) is 4.08. The van der Waals surface area contributed by atoms with Crippen molar-refractivity contribution in [3.63, 3.8) is 0 Å². The number of amides is 2. The Hall–Kier alpha value is -3.19. The van der Waals surface area contributed by atoms with E-state index in [2.05, 4.69) is 21.6 Å². The molecule has 0 bridgehead atoms. The van der Waals surface area contributed by atoms with E-state index in [1.165, 1.54) is 0 Å². The number of aryl methyl sites for hydroxylation is 1. The van der Waals surface area contributed by atoms with E-state index in [0.29, 0.717) is 31.7 Å². The van der Waals surface area contributed by atoms with Gasteiger partial charge in [-0.2, -0.15) is 0 Å². The van der Waals surface area contributed by atoms with E-state index in [4.69, 9.17) is 4.98 Å². The Morgan fingerprint density at radius 3 is 2.52 bits per heavy atom. The fourth-order valence-electron chi connectivity index (χ4n) is 4.08. The van der Waals surface area contributed by atoms with Crippen LogP contribution in [0.4, 0.5) is 0 Å². The van der Waals surface area contributed by atoms with Gasteiger partial charge in [0.25, 0.3) is 5.91 Å². The molecule has 0 unspecified atom stereocenters. The summed E-state index contributed by atoms with van der Waals surface area (Å²) in [6, 6.07) is 15.9. The number of carbonyl (C=O) groups excluding carboxylic acids is 2. The molecule has 7 nitrogen and oxygen atoms in total. The maximum Gasteiger partial charge on any atom is 0.253 e. The van der Waals surface area contributed by atoms with Crippen LogP contribution in [0.1, 0.15) is 22.6 Å². The van der Waals surface area contributed by atoms with Crippen LogP contribution in [-0.4, -0.2) is 82.9 Å². The van der Waals surface area contributed by atoms with Crippen molar-refractivity contribution in [3.8, 4) is 5.69 Å². The summed E-state index contributed by atoms with van der Waals surface area (Å²) >= 11 is 0. The molecule has 0 aliphatic carbocycles. The molecule has 1 aliphatic rings. The van der Waals surface area contributed by atoms with Crippen LogP contribution >= 0.6 is 0 Å². The minimum absolute atomic E-state index is 0.0228. The van der Waals surface area contributed by atoms with Gasteiger partial charge in [0, 0.05) is 51.5 Å². The maximum absolute atomic E-state index is 13.2. The first-order valence-electron chi connectivity index (χ1n) is 10.7. The molecule has 162 valence electrons. The summed E-state index contributed by atoms with van der Waals surface area (Å²) in [6.07, 6.45) is 0.858. The Bertz CT molecular complexity index is 1090. The fraction of sp³-hybridized carbons (Fsp3) is 0.375. The molecule has 3 aromatic rings. The molecule has 2 amide bonds. The van der Waals surface area contributed by atoms with Crippen molar-refractivity contribution in [2.75, 3.05) is 46.8 Å². The van der Waals surface area contributed by atoms with Crippen molar-refractivity contribution >= 4 is 22.8 Å². The average molecular weight is 420 g/mol. The van der Waals surface area contributed by atoms with E-state index in [0.717, 1.165) is 35.5 Å². The van der Waals surface area contributed by atoms with Crippen LogP contribution in [0.5, 0.6) is 0 Å². The van der Waals surface area contributed by atoms with Gasteiger partial charge in [-0.05, 0) is 43.7 Å². The van der Waals surface area contributed by atoms with Crippen LogP contribution in [0.2, 0.25) is 0 Å². The predicted molar refractivity (Wildman–Crippen MR) is 121 cm³/mol. The molecule has 0 spiro atoms. The third kappa shape index (κ3) is 4.46. The van der Waals surface area contributed by atoms with E-state index in [-0.39, 0.29) is 11.8 Å². The number of rotatable bonds is 4. The molecule has 1 saturated heterocycles. The summed E-state index contributed by atoms with van der Waals surface area (Å²) in [7, 11) is 3.54. The number of fused-ring (bicyclic) bond motifs is 1. The highest BCUT2D eigenvalue weighted by molar-refractivity contribution is 5.97. The second-order valence-corrected chi connectivity index (χ2v) is 8.24. The number of hydrogen-bond acceptors (Lipinski definition) is 4. The zero-order valence-electron chi connectivity index (χ0n) is 18.4. The van der Waals surface area contributed by atoms with Crippen molar-refractivity contribution < 1.29 is 9.59 Å². The van der Waals surface area contributed by atoms with Crippen LogP contribution in [0.25, 0.3) is 16.7 Å². The lowest BCUT2D eigenvalue weighted by atomic mass is 10.1. The Labute approximate surface area is 182 Å². The van der Waals surface area contributed by atoms with E-state index < -0.39 is 0 Å². The number of para-hydroxylation sites is 1. The van der Waals surface area contributed by atoms with Gasteiger partial charge >= 0.3 is 0 Å². The molecule has 2 heterocycles. The van der Waals surface area contributed by atoms with Gasteiger partial charge in [-0.3, -0.25) is 19.1 Å². The van der Waals surface area contributed by atoms with Gasteiger partial charge in [0.2, 0.25) is 5.91 Å². The molecule has 1 fully saturated rings. The standard InChI is InChI=1S/C24H29N5O2/c1-18-25-21-16-19(10-11-22(21)29(18)20-8-5-4-6-9-20)24(31)28-13-7-12-27(14-15-28)17-23(30)26(2)3/h4-6,8-11,16H,7,12-15,17H2,1-3H3. The van der Waals surface area contributed by atoms with E-state index in [1.54, 1.807) is 19.0 Å². The van der Waals surface area contributed by atoms with Crippen molar-refractivity contribution in [1.82, 2.24) is 24.3 Å². The van der Waals surface area contributed by atoms with Crippen molar-refractivity contribution in [3.05, 3.63) is 59.9 Å². The third-order valence-electron chi connectivity index (χ3n) is 5.82. The predicted octanol–water partition coefficient (Wildman–Crippen LogP) is 2.57. The second-order valence-electron chi connectivity index (χ2n) is 8.24. The van der Waals surface area contributed by atoms with E-state index in [1.807, 2.05) is 48.2 Å². The lowest BCUT2D eigenvalue weighted by Gasteiger charge is -2.22. The normalized spacial score (nSPS) is 15.1. The molecule has 0 saturated carbocycles. The molecule has 0 N–H and O–H groups in total. The molecule has 4 rings (SSSR count). The SMILES string of the molecule is Cc1nc2cc(C(=O)N3CCCN(CC(=O)N(C)C)CC3)ccc2n1-c1ccccc1. The number of imidazole rings is 1. The topological polar surface area (TPSA) is 61.7 Å². The molecule has 0 atom stereocenters. The highest BCUT2D eigenvalue weighted by Crippen LogP contribution is 2.23. The zero-order valence-corrected chi connectivity index (χ0v) is 18.4. The summed E-state index contributed by atoms with van der Waals surface area (Å²) in [6.45, 7) is 5.22. The summed E-state index contributed by atoms with van der Waals surface area (Å²) < 4.78 is 2.11. The summed E-state index contributed by atoms with van der Waals surface area (Å²) in [5, 5.41) is 0. The summed E-state index contributed by atoms with van der Waals surface area (Å²) in [5.41, 5.74) is 3.52. The second kappa shape index (κ2) is 8.89. The van der Waals surface area contributed by atoms with Gasteiger partial charge in [-0.15, -0.1) is 0 Å². The molecule has 1 aromatic heterocycles. The molecule has 0 radical (unpaired) electrons. The molecular weight excluding hydrogens is 390 g/mol. The quantitative estimate of drug-likeness (QED) is 0.652. The summed E-state index contributed by atoms with van der Waals surface area (Å²) in [5.74, 6) is 1.01. The smallest absolute Gasteiger partial charge is 0.253 e. The number of hydrogen-bond donors (Lipinski definition) is 0. The first-order chi connectivity index (χ1) is 14.9. The van der Waals surface area contributed by atoms with E-state index in [9.17, 15) is 9.59 Å². The number of aromatic nitrogens is 2. The highest BCUT2D eigenvalue weighted by atomic mass is 16.2. The minimum Gasteiger partial charge on any atom is -0.348 e. The molecule has 7 heteroatoms. The van der Waals surface area contributed by atoms with Crippen LogP contribution < -0.4 is 0 Å². The van der Waals surface area contributed by atoms with Crippen LogP contribution in [-0.2, 0) is 4.79 Å². The molecule has 1 aliphatic heterocycles. The first-order valence-corrected chi connectivity index (χ1v) is 10.7. The van der Waals surface area contributed by atoms with Gasteiger partial charge in [-0.1, -0.05) is 18.2 Å². The lowest BCUT2D eigenvalue weighted by molar-refractivity contribution is -0.129. The van der Waals surface area contributed by atoms with Crippen LogP contribution in [0, 0.1) is 6.92 Å². The van der Waals surface area contributed by atoms with Crippen molar-refractivity contribution in [2.45, 2.75) is 13.3 Å². The maximum atomic E-state index is 13.2. The van der Waals surface area contributed by atoms with Crippen molar-refractivity contribution in [2.24, 2.45) is 0 Å². The lowest BCUT2D eigenvalue weighted by Crippen LogP contribution is -2.39.